The summed E-state index contributed by atoms with van der Waals surface area (Å²) in [6.45, 7) is 3.55. The zero-order valence-electron chi connectivity index (χ0n) is 16.4. The lowest BCUT2D eigenvalue weighted by Crippen LogP contribution is -2.38. The maximum Gasteiger partial charge on any atom is 0.191 e. The van der Waals surface area contributed by atoms with Gasteiger partial charge in [0.25, 0.3) is 0 Å². The van der Waals surface area contributed by atoms with E-state index in [1.807, 2.05) is 12.1 Å². The molecular formula is C19H28IN3O3S. The van der Waals surface area contributed by atoms with E-state index < -0.39 is 0 Å². The van der Waals surface area contributed by atoms with Crippen molar-refractivity contribution in [3.05, 3.63) is 40.1 Å². The first kappa shape index (κ1) is 23.4. The lowest BCUT2D eigenvalue weighted by atomic mass is 10.1. The predicted octanol–water partition coefficient (Wildman–Crippen LogP) is 3.86. The Morgan fingerprint density at radius 2 is 1.74 bits per heavy atom. The van der Waals surface area contributed by atoms with Crippen molar-refractivity contribution in [2.45, 2.75) is 19.4 Å². The molecule has 0 aliphatic carbocycles. The van der Waals surface area contributed by atoms with Gasteiger partial charge in [-0.05, 0) is 34.4 Å². The van der Waals surface area contributed by atoms with E-state index in [0.29, 0.717) is 24.0 Å². The van der Waals surface area contributed by atoms with Crippen LogP contribution < -0.4 is 24.8 Å². The van der Waals surface area contributed by atoms with E-state index >= 15 is 0 Å². The largest absolute Gasteiger partial charge is 0.496 e. The maximum atomic E-state index is 5.47. The molecule has 0 bridgehead atoms. The Labute approximate surface area is 182 Å². The summed E-state index contributed by atoms with van der Waals surface area (Å²) in [5.74, 6) is 3.19. The monoisotopic (exact) mass is 505 g/mol. The van der Waals surface area contributed by atoms with E-state index in [0.717, 1.165) is 23.8 Å². The number of ether oxygens (including phenoxy) is 3. The van der Waals surface area contributed by atoms with Crippen molar-refractivity contribution in [1.82, 2.24) is 10.6 Å². The molecule has 1 unspecified atom stereocenters. The van der Waals surface area contributed by atoms with Gasteiger partial charge in [-0.2, -0.15) is 11.3 Å². The van der Waals surface area contributed by atoms with Crippen LogP contribution in [-0.2, 0) is 6.54 Å². The summed E-state index contributed by atoms with van der Waals surface area (Å²) in [7, 11) is 6.63. The molecule has 2 N–H and O–H groups in total. The molecule has 1 aromatic carbocycles. The van der Waals surface area contributed by atoms with E-state index in [2.05, 4.69) is 39.4 Å². The summed E-state index contributed by atoms with van der Waals surface area (Å²) >= 11 is 1.72. The Morgan fingerprint density at radius 3 is 2.30 bits per heavy atom. The molecule has 0 spiro atoms. The Hall–Kier alpha value is -1.68. The van der Waals surface area contributed by atoms with E-state index in [1.165, 1.54) is 5.56 Å². The third-order valence-electron chi connectivity index (χ3n) is 4.14. The smallest absolute Gasteiger partial charge is 0.191 e. The second-order valence-corrected chi connectivity index (χ2v) is 6.56. The molecule has 2 rings (SSSR count). The number of benzene rings is 1. The molecule has 1 aromatic heterocycles. The highest BCUT2D eigenvalue weighted by atomic mass is 127. The summed E-state index contributed by atoms with van der Waals surface area (Å²) in [4.78, 5) is 4.29. The minimum Gasteiger partial charge on any atom is -0.496 e. The molecule has 0 radical (unpaired) electrons. The minimum absolute atomic E-state index is 0. The molecule has 6 nitrogen and oxygen atoms in total. The molecule has 0 saturated carbocycles. The second-order valence-electron chi connectivity index (χ2n) is 5.78. The fourth-order valence-corrected chi connectivity index (χ4v) is 3.34. The Bertz CT molecular complexity index is 723. The van der Waals surface area contributed by atoms with Gasteiger partial charge in [-0.25, -0.2) is 0 Å². The molecular weight excluding hydrogens is 477 g/mol. The maximum absolute atomic E-state index is 5.47. The highest BCUT2D eigenvalue weighted by molar-refractivity contribution is 14.0. The SMILES string of the molecule is CN=C(NCc1cc(OC)c(OC)cc1OC)NCC(C)c1ccsc1.I. The average molecular weight is 505 g/mol. The van der Waals surface area contributed by atoms with Crippen molar-refractivity contribution >= 4 is 41.3 Å². The third kappa shape index (κ3) is 6.46. The fourth-order valence-electron chi connectivity index (χ4n) is 2.55. The van der Waals surface area contributed by atoms with Crippen LogP contribution in [0.3, 0.4) is 0 Å². The topological polar surface area (TPSA) is 64.1 Å². The van der Waals surface area contributed by atoms with Crippen LogP contribution >= 0.6 is 35.3 Å². The van der Waals surface area contributed by atoms with Gasteiger partial charge in [-0.1, -0.05) is 6.92 Å². The van der Waals surface area contributed by atoms with Crippen LogP contribution in [0.15, 0.2) is 34.0 Å². The van der Waals surface area contributed by atoms with Gasteiger partial charge >= 0.3 is 0 Å². The van der Waals surface area contributed by atoms with Crippen LogP contribution in [0.1, 0.15) is 24.0 Å². The van der Waals surface area contributed by atoms with Crippen molar-refractivity contribution < 1.29 is 14.2 Å². The Morgan fingerprint density at radius 1 is 1.07 bits per heavy atom. The second kappa shape index (κ2) is 11.9. The first-order valence-corrected chi connectivity index (χ1v) is 9.32. The van der Waals surface area contributed by atoms with E-state index in [9.17, 15) is 0 Å². The zero-order valence-corrected chi connectivity index (χ0v) is 19.5. The first-order chi connectivity index (χ1) is 12.6. The number of rotatable bonds is 8. The number of methoxy groups -OCH3 is 3. The van der Waals surface area contributed by atoms with Crippen molar-refractivity contribution in [3.63, 3.8) is 0 Å². The van der Waals surface area contributed by atoms with Gasteiger partial charge < -0.3 is 24.8 Å². The summed E-state index contributed by atoms with van der Waals surface area (Å²) in [5.41, 5.74) is 2.29. The quantitative estimate of drug-likeness (QED) is 0.324. The molecule has 0 fully saturated rings. The molecule has 1 atom stereocenters. The number of halogens is 1. The number of aliphatic imine (C=N–C) groups is 1. The Balaban J connectivity index is 0.00000364. The molecule has 0 aliphatic rings. The van der Waals surface area contributed by atoms with Crippen molar-refractivity contribution in [2.24, 2.45) is 4.99 Å². The summed E-state index contributed by atoms with van der Waals surface area (Å²) in [5, 5.41) is 11.0. The number of hydrogen-bond donors (Lipinski definition) is 2. The molecule has 27 heavy (non-hydrogen) atoms. The van der Waals surface area contributed by atoms with E-state index in [1.54, 1.807) is 39.7 Å². The molecule has 2 aromatic rings. The third-order valence-corrected chi connectivity index (χ3v) is 4.85. The summed E-state index contributed by atoms with van der Waals surface area (Å²) in [6, 6.07) is 5.89. The normalized spacial score (nSPS) is 12.0. The molecule has 0 saturated heterocycles. The van der Waals surface area contributed by atoms with E-state index in [-0.39, 0.29) is 24.0 Å². The van der Waals surface area contributed by atoms with Crippen LogP contribution in [0.5, 0.6) is 17.2 Å². The molecule has 1 heterocycles. The number of nitrogens with one attached hydrogen (secondary N) is 2. The van der Waals surface area contributed by atoms with Crippen LogP contribution in [-0.4, -0.2) is 40.9 Å². The average Bonchev–Trinajstić information content (AvgIpc) is 3.22. The highest BCUT2D eigenvalue weighted by Crippen LogP contribution is 2.34. The van der Waals surface area contributed by atoms with Crippen molar-refractivity contribution in [3.8, 4) is 17.2 Å². The summed E-state index contributed by atoms with van der Waals surface area (Å²) < 4.78 is 16.2. The molecule has 8 heteroatoms. The standard InChI is InChI=1S/C19H27N3O3S.HI/c1-13(14-6-7-26-12-14)10-21-19(20-2)22-11-15-8-17(24-4)18(25-5)9-16(15)23-3;/h6-9,12-13H,10-11H2,1-5H3,(H2,20,21,22);1H. The van der Waals surface area contributed by atoms with Gasteiger partial charge in [0.2, 0.25) is 0 Å². The lowest BCUT2D eigenvalue weighted by molar-refractivity contribution is 0.347. The molecule has 150 valence electrons. The van der Waals surface area contributed by atoms with Crippen LogP contribution in [0.4, 0.5) is 0 Å². The van der Waals surface area contributed by atoms with Gasteiger partial charge in [0.15, 0.2) is 17.5 Å². The van der Waals surface area contributed by atoms with Gasteiger partial charge in [-0.3, -0.25) is 4.99 Å². The van der Waals surface area contributed by atoms with Gasteiger partial charge in [0.1, 0.15) is 5.75 Å². The minimum atomic E-state index is 0. The van der Waals surface area contributed by atoms with Crippen molar-refractivity contribution in [1.29, 1.82) is 0 Å². The van der Waals surface area contributed by atoms with Gasteiger partial charge in [-0.15, -0.1) is 24.0 Å². The summed E-state index contributed by atoms with van der Waals surface area (Å²) in [6.07, 6.45) is 0. The highest BCUT2D eigenvalue weighted by Gasteiger charge is 2.13. The number of thiophene rings is 1. The van der Waals surface area contributed by atoms with Crippen LogP contribution in [0.2, 0.25) is 0 Å². The predicted molar refractivity (Wildman–Crippen MR) is 122 cm³/mol. The van der Waals surface area contributed by atoms with Crippen molar-refractivity contribution in [2.75, 3.05) is 34.9 Å². The first-order valence-electron chi connectivity index (χ1n) is 8.38. The van der Waals surface area contributed by atoms with Crippen LogP contribution in [0.25, 0.3) is 0 Å². The molecule has 0 aliphatic heterocycles. The lowest BCUT2D eigenvalue weighted by Gasteiger charge is -2.17. The number of hydrogen-bond acceptors (Lipinski definition) is 5. The number of nitrogens with zero attached hydrogens (tertiary/aromatic N) is 1. The Kier molecular flexibility index (Phi) is 10.3. The zero-order chi connectivity index (χ0) is 18.9. The van der Waals surface area contributed by atoms with Crippen LogP contribution in [0, 0.1) is 0 Å². The number of guanidine groups is 1. The fraction of sp³-hybridized carbons (Fsp3) is 0.421. The van der Waals surface area contributed by atoms with E-state index in [4.69, 9.17) is 14.2 Å². The molecule has 0 amide bonds. The van der Waals surface area contributed by atoms with Gasteiger partial charge in [0, 0.05) is 31.8 Å². The van der Waals surface area contributed by atoms with Gasteiger partial charge in [0.05, 0.1) is 21.3 Å².